The number of hydrogen-bond acceptors (Lipinski definition) is 3. The molecule has 0 saturated heterocycles. The van der Waals surface area contributed by atoms with Gasteiger partial charge in [0.2, 0.25) is 0 Å². The van der Waals surface area contributed by atoms with E-state index in [1.807, 2.05) is 13.8 Å². The van der Waals surface area contributed by atoms with Gasteiger partial charge in [-0.3, -0.25) is 4.79 Å². The van der Waals surface area contributed by atoms with Crippen LogP contribution in [0.4, 0.5) is 0 Å². The Morgan fingerprint density at radius 3 is 2.83 bits per heavy atom. The Bertz CT molecular complexity index is 405. The normalized spacial score (nSPS) is 12.0. The molecule has 0 aliphatic carbocycles. The molecule has 1 amide bonds. The fourth-order valence-corrected chi connectivity index (χ4v) is 1.69. The van der Waals surface area contributed by atoms with Gasteiger partial charge in [-0.2, -0.15) is 0 Å². The molecule has 2 N–H and O–H groups in total. The minimum atomic E-state index is -0.245. The van der Waals surface area contributed by atoms with E-state index in [0.717, 1.165) is 5.56 Å². The maximum absolute atomic E-state index is 11.5. The third-order valence-electron chi connectivity index (χ3n) is 2.57. The quantitative estimate of drug-likeness (QED) is 0.831. The zero-order valence-electron chi connectivity index (χ0n) is 10.6. The Hall–Kier alpha value is -1.26. The lowest BCUT2D eigenvalue weighted by Gasteiger charge is -2.15. The highest BCUT2D eigenvalue weighted by atomic mass is 35.5. The van der Waals surface area contributed by atoms with Crippen molar-refractivity contribution in [2.24, 2.45) is 0 Å². The zero-order chi connectivity index (χ0) is 13.5. The second-order valence-corrected chi connectivity index (χ2v) is 4.49. The number of nitrogens with one attached hydrogen (secondary N) is 1. The highest BCUT2D eigenvalue weighted by Gasteiger charge is 2.10. The molecular formula is C13H18ClNO3. The predicted molar refractivity (Wildman–Crippen MR) is 71.0 cm³/mol. The van der Waals surface area contributed by atoms with E-state index in [1.54, 1.807) is 18.2 Å². The Balaban J connectivity index is 2.47. The van der Waals surface area contributed by atoms with Crippen molar-refractivity contribution in [3.8, 4) is 5.75 Å². The number of aliphatic hydroxyl groups is 1. The summed E-state index contributed by atoms with van der Waals surface area (Å²) in [5.74, 6) is 0.386. The number of halogens is 1. The van der Waals surface area contributed by atoms with E-state index in [2.05, 4.69) is 5.32 Å². The molecule has 0 spiro atoms. The standard InChI is InChI=1S/C13H18ClNO3/c1-3-11(7-16)15-13(17)8-18-12-5-4-10(14)6-9(12)2/h4-6,11,16H,3,7-8H2,1-2H3,(H,15,17)/t11-/m0/s1. The van der Waals surface area contributed by atoms with Crippen LogP contribution in [0.1, 0.15) is 18.9 Å². The molecule has 0 fully saturated rings. The molecule has 0 heterocycles. The van der Waals surface area contributed by atoms with Crippen LogP contribution in [0.2, 0.25) is 5.02 Å². The van der Waals surface area contributed by atoms with Gasteiger partial charge in [0.1, 0.15) is 5.75 Å². The van der Waals surface area contributed by atoms with Gasteiger partial charge >= 0.3 is 0 Å². The van der Waals surface area contributed by atoms with Crippen molar-refractivity contribution in [2.45, 2.75) is 26.3 Å². The van der Waals surface area contributed by atoms with Crippen LogP contribution < -0.4 is 10.1 Å². The molecule has 5 heteroatoms. The first-order valence-corrected chi connectivity index (χ1v) is 6.23. The average Bonchev–Trinajstić information content (AvgIpc) is 2.35. The summed E-state index contributed by atoms with van der Waals surface area (Å²) in [5, 5.41) is 12.3. The second-order valence-electron chi connectivity index (χ2n) is 4.05. The van der Waals surface area contributed by atoms with E-state index in [1.165, 1.54) is 0 Å². The molecule has 0 bridgehead atoms. The van der Waals surface area contributed by atoms with E-state index in [-0.39, 0.29) is 25.2 Å². The monoisotopic (exact) mass is 271 g/mol. The lowest BCUT2D eigenvalue weighted by Crippen LogP contribution is -2.39. The maximum Gasteiger partial charge on any atom is 0.258 e. The molecule has 1 aromatic carbocycles. The molecule has 0 aliphatic rings. The molecule has 18 heavy (non-hydrogen) atoms. The Morgan fingerprint density at radius 1 is 1.56 bits per heavy atom. The number of amides is 1. The van der Waals surface area contributed by atoms with Gasteiger partial charge in [-0.15, -0.1) is 0 Å². The van der Waals surface area contributed by atoms with Crippen molar-refractivity contribution in [1.29, 1.82) is 0 Å². The van der Waals surface area contributed by atoms with Crippen LogP contribution in [0.15, 0.2) is 18.2 Å². The maximum atomic E-state index is 11.5. The lowest BCUT2D eigenvalue weighted by atomic mass is 10.2. The van der Waals surface area contributed by atoms with Crippen molar-refractivity contribution in [1.82, 2.24) is 5.32 Å². The topological polar surface area (TPSA) is 58.6 Å². The number of benzene rings is 1. The van der Waals surface area contributed by atoms with Gasteiger partial charge in [-0.25, -0.2) is 0 Å². The average molecular weight is 272 g/mol. The highest BCUT2D eigenvalue weighted by Crippen LogP contribution is 2.21. The number of rotatable bonds is 6. The summed E-state index contributed by atoms with van der Waals surface area (Å²) in [7, 11) is 0. The summed E-state index contributed by atoms with van der Waals surface area (Å²) in [5.41, 5.74) is 0.879. The Labute approximate surface area is 112 Å². The van der Waals surface area contributed by atoms with Gasteiger partial charge in [0.05, 0.1) is 12.6 Å². The largest absolute Gasteiger partial charge is 0.484 e. The first-order chi connectivity index (χ1) is 8.56. The van der Waals surface area contributed by atoms with Crippen LogP contribution in [0, 0.1) is 6.92 Å². The summed E-state index contributed by atoms with van der Waals surface area (Å²) in [4.78, 5) is 11.5. The third-order valence-corrected chi connectivity index (χ3v) is 2.81. The van der Waals surface area contributed by atoms with Crippen LogP contribution in [0.5, 0.6) is 5.75 Å². The highest BCUT2D eigenvalue weighted by molar-refractivity contribution is 6.30. The van der Waals surface area contributed by atoms with Crippen LogP contribution >= 0.6 is 11.6 Å². The van der Waals surface area contributed by atoms with Crippen molar-refractivity contribution in [2.75, 3.05) is 13.2 Å². The first kappa shape index (κ1) is 14.8. The summed E-state index contributed by atoms with van der Waals surface area (Å²) in [6.45, 7) is 3.62. The fraction of sp³-hybridized carbons (Fsp3) is 0.462. The summed E-state index contributed by atoms with van der Waals surface area (Å²) in [6, 6.07) is 5.00. The van der Waals surface area contributed by atoms with Crippen molar-refractivity contribution in [3.63, 3.8) is 0 Å². The molecular weight excluding hydrogens is 254 g/mol. The van der Waals surface area contributed by atoms with Gasteiger partial charge < -0.3 is 15.2 Å². The zero-order valence-corrected chi connectivity index (χ0v) is 11.3. The smallest absolute Gasteiger partial charge is 0.258 e. The Kier molecular flexibility index (Phi) is 5.95. The van der Waals surface area contributed by atoms with Crippen LogP contribution in [-0.4, -0.2) is 30.3 Å². The van der Waals surface area contributed by atoms with E-state index in [0.29, 0.717) is 17.2 Å². The molecule has 0 unspecified atom stereocenters. The van der Waals surface area contributed by atoms with Gasteiger partial charge in [-0.1, -0.05) is 18.5 Å². The van der Waals surface area contributed by atoms with Gasteiger partial charge in [0.25, 0.3) is 5.91 Å². The molecule has 1 aromatic rings. The number of hydrogen-bond donors (Lipinski definition) is 2. The summed E-state index contributed by atoms with van der Waals surface area (Å²) >= 11 is 5.82. The molecule has 4 nitrogen and oxygen atoms in total. The van der Waals surface area contributed by atoms with Crippen molar-refractivity contribution in [3.05, 3.63) is 28.8 Å². The van der Waals surface area contributed by atoms with Gasteiger partial charge in [0.15, 0.2) is 6.61 Å². The molecule has 100 valence electrons. The van der Waals surface area contributed by atoms with E-state index in [9.17, 15) is 4.79 Å². The number of aliphatic hydroxyl groups excluding tert-OH is 1. The number of carbonyl (C=O) groups excluding carboxylic acids is 1. The van der Waals surface area contributed by atoms with Crippen LogP contribution in [-0.2, 0) is 4.79 Å². The van der Waals surface area contributed by atoms with E-state index >= 15 is 0 Å². The van der Waals surface area contributed by atoms with E-state index in [4.69, 9.17) is 21.4 Å². The van der Waals surface area contributed by atoms with Gasteiger partial charge in [0, 0.05) is 5.02 Å². The number of aryl methyl sites for hydroxylation is 1. The fourth-order valence-electron chi connectivity index (χ4n) is 1.46. The molecule has 0 aliphatic heterocycles. The lowest BCUT2D eigenvalue weighted by molar-refractivity contribution is -0.124. The molecule has 0 saturated carbocycles. The minimum absolute atomic E-state index is 0.0672. The number of ether oxygens (including phenoxy) is 1. The van der Waals surface area contributed by atoms with Crippen molar-refractivity contribution >= 4 is 17.5 Å². The number of carbonyl (C=O) groups is 1. The van der Waals surface area contributed by atoms with E-state index < -0.39 is 0 Å². The third kappa shape index (κ3) is 4.55. The Morgan fingerprint density at radius 2 is 2.28 bits per heavy atom. The van der Waals surface area contributed by atoms with Gasteiger partial charge in [-0.05, 0) is 37.1 Å². The SMILES string of the molecule is CC[C@@H](CO)NC(=O)COc1ccc(Cl)cc1C. The summed E-state index contributed by atoms with van der Waals surface area (Å²) < 4.78 is 5.39. The molecule has 1 atom stereocenters. The molecule has 1 rings (SSSR count). The van der Waals surface area contributed by atoms with Crippen molar-refractivity contribution < 1.29 is 14.6 Å². The second kappa shape index (κ2) is 7.24. The van der Waals surface area contributed by atoms with Crippen LogP contribution in [0.25, 0.3) is 0 Å². The summed E-state index contributed by atoms with van der Waals surface area (Å²) in [6.07, 6.45) is 0.683. The molecule has 0 aromatic heterocycles. The molecule has 0 radical (unpaired) electrons. The van der Waals surface area contributed by atoms with Crippen LogP contribution in [0.3, 0.4) is 0 Å². The predicted octanol–water partition coefficient (Wildman–Crippen LogP) is 1.91. The minimum Gasteiger partial charge on any atom is -0.484 e. The first-order valence-electron chi connectivity index (χ1n) is 5.86.